The molecule has 1 aliphatic carbocycles. The van der Waals surface area contributed by atoms with Crippen LogP contribution in [0.15, 0.2) is 0 Å². The molecule has 3 atom stereocenters. The molecule has 3 unspecified atom stereocenters. The minimum atomic E-state index is -0.180. The second kappa shape index (κ2) is 5.36. The molecule has 0 radical (unpaired) electrons. The van der Waals surface area contributed by atoms with Crippen LogP contribution >= 0.6 is 0 Å². The molecule has 1 saturated heterocycles. The molecule has 1 heterocycles. The number of carbonyl (C=O) groups excluding carboxylic acids is 1. The Hall–Kier alpha value is -0.610. The van der Waals surface area contributed by atoms with Crippen molar-refractivity contribution in [2.45, 2.75) is 51.2 Å². The Bertz CT molecular complexity index is 275. The van der Waals surface area contributed by atoms with Gasteiger partial charge in [0.25, 0.3) is 0 Å². The third-order valence-electron chi connectivity index (χ3n) is 4.47. The highest BCUT2D eigenvalue weighted by molar-refractivity contribution is 5.83. The Kier molecular flexibility index (Phi) is 4.05. The lowest BCUT2D eigenvalue weighted by molar-refractivity contribution is -0.131. The van der Waals surface area contributed by atoms with E-state index in [0.29, 0.717) is 0 Å². The van der Waals surface area contributed by atoms with E-state index in [2.05, 4.69) is 17.6 Å². The van der Waals surface area contributed by atoms with Crippen LogP contribution in [-0.2, 0) is 9.53 Å². The fourth-order valence-electron chi connectivity index (χ4n) is 3.09. The predicted molar refractivity (Wildman–Crippen MR) is 66.8 cm³/mol. The maximum atomic E-state index is 12.4. The maximum Gasteiger partial charge on any atom is 0.227 e. The van der Waals surface area contributed by atoms with Gasteiger partial charge >= 0.3 is 0 Å². The molecule has 4 nitrogen and oxygen atoms in total. The topological polar surface area (TPSA) is 50.4 Å². The summed E-state index contributed by atoms with van der Waals surface area (Å²) in [5.41, 5.74) is -0.180. The van der Waals surface area contributed by atoms with Gasteiger partial charge in [-0.25, -0.2) is 0 Å². The number of hydrogen-bond acceptors (Lipinski definition) is 3. The standard InChI is InChI=1S/C13H24N2O2/c1-3-13(7-8-14-9-13)12(16)15-10-5-4-6-11(10)17-2/h10-11,14H,3-9H2,1-2H3,(H,15,16). The molecule has 1 amide bonds. The molecule has 0 spiro atoms. The van der Waals surface area contributed by atoms with Crippen LogP contribution in [0.3, 0.4) is 0 Å². The molecule has 2 aliphatic rings. The number of ether oxygens (including phenoxy) is 1. The highest BCUT2D eigenvalue weighted by atomic mass is 16.5. The molecule has 1 aliphatic heterocycles. The zero-order chi connectivity index (χ0) is 12.3. The van der Waals surface area contributed by atoms with Crippen molar-refractivity contribution in [2.75, 3.05) is 20.2 Å². The number of rotatable bonds is 4. The second-order valence-corrected chi connectivity index (χ2v) is 5.35. The fourth-order valence-corrected chi connectivity index (χ4v) is 3.09. The molecule has 4 heteroatoms. The van der Waals surface area contributed by atoms with Crippen molar-refractivity contribution in [1.29, 1.82) is 0 Å². The van der Waals surface area contributed by atoms with Crippen LogP contribution in [0.4, 0.5) is 0 Å². The molecule has 0 aromatic rings. The van der Waals surface area contributed by atoms with Crippen molar-refractivity contribution >= 4 is 5.91 Å². The van der Waals surface area contributed by atoms with Gasteiger partial charge in [-0.2, -0.15) is 0 Å². The van der Waals surface area contributed by atoms with Crippen LogP contribution in [0.5, 0.6) is 0 Å². The Morgan fingerprint density at radius 3 is 2.94 bits per heavy atom. The van der Waals surface area contributed by atoms with Crippen LogP contribution in [0, 0.1) is 5.41 Å². The minimum absolute atomic E-state index is 0.180. The number of carbonyl (C=O) groups is 1. The van der Waals surface area contributed by atoms with E-state index in [1.54, 1.807) is 7.11 Å². The van der Waals surface area contributed by atoms with Gasteiger partial charge < -0.3 is 15.4 Å². The van der Waals surface area contributed by atoms with Gasteiger partial charge in [-0.3, -0.25) is 4.79 Å². The van der Waals surface area contributed by atoms with E-state index < -0.39 is 0 Å². The molecule has 17 heavy (non-hydrogen) atoms. The van der Waals surface area contributed by atoms with Gasteiger partial charge in [-0.1, -0.05) is 6.92 Å². The van der Waals surface area contributed by atoms with Crippen molar-refractivity contribution in [3.05, 3.63) is 0 Å². The van der Waals surface area contributed by atoms with Crippen molar-refractivity contribution in [2.24, 2.45) is 5.41 Å². The quantitative estimate of drug-likeness (QED) is 0.772. The first-order chi connectivity index (χ1) is 8.22. The van der Waals surface area contributed by atoms with Crippen molar-refractivity contribution < 1.29 is 9.53 Å². The lowest BCUT2D eigenvalue weighted by Gasteiger charge is -2.29. The summed E-state index contributed by atoms with van der Waals surface area (Å²) in [6.07, 6.45) is 5.36. The number of methoxy groups -OCH3 is 1. The molecular formula is C13H24N2O2. The van der Waals surface area contributed by atoms with E-state index >= 15 is 0 Å². The average molecular weight is 240 g/mol. The van der Waals surface area contributed by atoms with Gasteiger partial charge in [0.05, 0.1) is 17.6 Å². The highest BCUT2D eigenvalue weighted by Crippen LogP contribution is 2.31. The van der Waals surface area contributed by atoms with Crippen molar-refractivity contribution in [1.82, 2.24) is 10.6 Å². The van der Waals surface area contributed by atoms with E-state index in [9.17, 15) is 4.79 Å². The monoisotopic (exact) mass is 240 g/mol. The Morgan fingerprint density at radius 1 is 1.53 bits per heavy atom. The number of amides is 1. The smallest absolute Gasteiger partial charge is 0.227 e. The molecule has 98 valence electrons. The van der Waals surface area contributed by atoms with Crippen LogP contribution in [0.1, 0.15) is 39.0 Å². The Labute approximate surface area is 103 Å². The summed E-state index contributed by atoms with van der Waals surface area (Å²) in [7, 11) is 1.74. The second-order valence-electron chi connectivity index (χ2n) is 5.35. The van der Waals surface area contributed by atoms with E-state index in [4.69, 9.17) is 4.74 Å². The molecular weight excluding hydrogens is 216 g/mol. The molecule has 1 saturated carbocycles. The van der Waals surface area contributed by atoms with Gasteiger partial charge in [0.2, 0.25) is 5.91 Å². The average Bonchev–Trinajstić information content (AvgIpc) is 2.97. The summed E-state index contributed by atoms with van der Waals surface area (Å²) in [5.74, 6) is 0.221. The first kappa shape index (κ1) is 12.8. The van der Waals surface area contributed by atoms with Gasteiger partial charge in [-0.05, 0) is 38.6 Å². The lowest BCUT2D eigenvalue weighted by Crippen LogP contribution is -2.49. The van der Waals surface area contributed by atoms with Gasteiger partial charge in [0.1, 0.15) is 0 Å². The largest absolute Gasteiger partial charge is 0.379 e. The molecule has 2 fully saturated rings. The van der Waals surface area contributed by atoms with E-state index in [0.717, 1.165) is 45.2 Å². The van der Waals surface area contributed by atoms with Gasteiger partial charge in [0.15, 0.2) is 0 Å². The normalized spacial score (nSPS) is 37.3. The van der Waals surface area contributed by atoms with E-state index in [1.165, 1.54) is 0 Å². The third kappa shape index (κ3) is 2.47. The maximum absolute atomic E-state index is 12.4. The summed E-state index contributed by atoms with van der Waals surface area (Å²) >= 11 is 0. The Morgan fingerprint density at radius 2 is 2.35 bits per heavy atom. The molecule has 2 N–H and O–H groups in total. The lowest BCUT2D eigenvalue weighted by atomic mass is 9.83. The SMILES string of the molecule is CCC1(C(=O)NC2CCCC2OC)CCNC1. The predicted octanol–water partition coefficient (Wildman–Crippen LogP) is 1.06. The zero-order valence-corrected chi connectivity index (χ0v) is 10.9. The molecule has 0 aromatic carbocycles. The van der Waals surface area contributed by atoms with Crippen molar-refractivity contribution in [3.8, 4) is 0 Å². The Balaban J connectivity index is 1.96. The summed E-state index contributed by atoms with van der Waals surface area (Å²) in [5, 5.41) is 6.51. The van der Waals surface area contributed by atoms with Crippen LogP contribution in [0.2, 0.25) is 0 Å². The third-order valence-corrected chi connectivity index (χ3v) is 4.47. The minimum Gasteiger partial charge on any atom is -0.379 e. The van der Waals surface area contributed by atoms with E-state index in [-0.39, 0.29) is 23.5 Å². The van der Waals surface area contributed by atoms with Crippen LogP contribution in [0.25, 0.3) is 0 Å². The summed E-state index contributed by atoms with van der Waals surface area (Å²) in [6, 6.07) is 0.219. The van der Waals surface area contributed by atoms with Crippen LogP contribution in [-0.4, -0.2) is 38.3 Å². The van der Waals surface area contributed by atoms with E-state index in [1.807, 2.05) is 0 Å². The highest BCUT2D eigenvalue weighted by Gasteiger charge is 2.41. The molecule has 0 aromatic heterocycles. The summed E-state index contributed by atoms with van der Waals surface area (Å²) in [6.45, 7) is 3.88. The van der Waals surface area contributed by atoms with Gasteiger partial charge in [0, 0.05) is 13.7 Å². The first-order valence-electron chi connectivity index (χ1n) is 6.76. The summed E-state index contributed by atoms with van der Waals surface area (Å²) in [4.78, 5) is 12.4. The van der Waals surface area contributed by atoms with Crippen molar-refractivity contribution in [3.63, 3.8) is 0 Å². The summed E-state index contributed by atoms with van der Waals surface area (Å²) < 4.78 is 5.42. The zero-order valence-electron chi connectivity index (χ0n) is 10.9. The fraction of sp³-hybridized carbons (Fsp3) is 0.923. The first-order valence-corrected chi connectivity index (χ1v) is 6.76. The molecule has 0 bridgehead atoms. The molecule has 2 rings (SSSR count). The number of hydrogen-bond donors (Lipinski definition) is 2. The number of nitrogens with one attached hydrogen (secondary N) is 2. The van der Waals surface area contributed by atoms with Gasteiger partial charge in [-0.15, -0.1) is 0 Å². The van der Waals surface area contributed by atoms with Crippen LogP contribution < -0.4 is 10.6 Å².